The van der Waals surface area contributed by atoms with Gasteiger partial charge in [-0.1, -0.05) is 30.0 Å². The van der Waals surface area contributed by atoms with E-state index in [4.69, 9.17) is 13.9 Å². The first kappa shape index (κ1) is 21.1. The number of ether oxygens (including phenoxy) is 2. The molecule has 1 aliphatic rings. The lowest BCUT2D eigenvalue weighted by Gasteiger charge is -2.14. The predicted octanol–water partition coefficient (Wildman–Crippen LogP) is 5.05. The molecule has 1 aromatic heterocycles. The topological polar surface area (TPSA) is 73.1 Å². The van der Waals surface area contributed by atoms with Crippen LogP contribution in [-0.2, 0) is 4.79 Å². The van der Waals surface area contributed by atoms with E-state index in [-0.39, 0.29) is 5.91 Å². The molecule has 1 N–H and O–H groups in total. The van der Waals surface area contributed by atoms with Crippen LogP contribution in [0.15, 0.2) is 52.1 Å². The number of nitrogens with zero attached hydrogens (tertiary/aromatic N) is 1. The normalized spacial score (nSPS) is 13.9. The van der Waals surface area contributed by atoms with Gasteiger partial charge < -0.3 is 19.2 Å². The highest BCUT2D eigenvalue weighted by Gasteiger charge is 2.20. The third-order valence-corrected chi connectivity index (χ3v) is 6.12. The minimum absolute atomic E-state index is 0.206. The highest BCUT2D eigenvalue weighted by molar-refractivity contribution is 8.14. The molecule has 0 bridgehead atoms. The molecular weight excluding hydrogens is 412 g/mol. The number of fused-ring (bicyclic) bond motifs is 1. The van der Waals surface area contributed by atoms with Crippen LogP contribution in [0.3, 0.4) is 0 Å². The summed E-state index contributed by atoms with van der Waals surface area (Å²) in [6.07, 6.45) is 3.31. The zero-order chi connectivity index (χ0) is 22.0. The second-order valence-electron chi connectivity index (χ2n) is 7.16. The molecule has 0 atom stereocenters. The molecule has 1 amide bonds. The number of carbonyl (C=O) groups is 1. The van der Waals surface area contributed by atoms with Crippen LogP contribution >= 0.6 is 11.8 Å². The van der Waals surface area contributed by atoms with Gasteiger partial charge in [0.25, 0.3) is 0 Å². The molecule has 2 heterocycles. The van der Waals surface area contributed by atoms with Crippen molar-refractivity contribution in [2.24, 2.45) is 4.99 Å². The first-order valence-electron chi connectivity index (χ1n) is 9.92. The Morgan fingerprint density at radius 2 is 2.03 bits per heavy atom. The summed E-state index contributed by atoms with van der Waals surface area (Å²) in [6.45, 7) is 4.59. The quantitative estimate of drug-likeness (QED) is 0.567. The van der Waals surface area contributed by atoms with E-state index in [1.165, 1.54) is 0 Å². The maximum absolute atomic E-state index is 12.5. The van der Waals surface area contributed by atoms with Crippen LogP contribution in [0.5, 0.6) is 11.5 Å². The van der Waals surface area contributed by atoms with Gasteiger partial charge in [0.1, 0.15) is 17.1 Å². The highest BCUT2D eigenvalue weighted by atomic mass is 32.2. The van der Waals surface area contributed by atoms with Gasteiger partial charge in [-0.15, -0.1) is 0 Å². The second-order valence-corrected chi connectivity index (χ2v) is 8.24. The van der Waals surface area contributed by atoms with Crippen molar-refractivity contribution in [2.75, 3.05) is 26.5 Å². The fourth-order valence-corrected chi connectivity index (χ4v) is 4.51. The van der Waals surface area contributed by atoms with Crippen molar-refractivity contribution in [2.45, 2.75) is 13.8 Å². The van der Waals surface area contributed by atoms with Crippen LogP contribution in [0.1, 0.15) is 18.1 Å². The van der Waals surface area contributed by atoms with E-state index < -0.39 is 0 Å². The molecule has 4 rings (SSSR count). The maximum Gasteiger partial charge on any atom is 0.250 e. The summed E-state index contributed by atoms with van der Waals surface area (Å²) >= 11 is 1.55. The number of aryl methyl sites for hydroxylation is 1. The van der Waals surface area contributed by atoms with E-state index in [0.29, 0.717) is 10.9 Å². The monoisotopic (exact) mass is 436 g/mol. The van der Waals surface area contributed by atoms with Gasteiger partial charge in [0.15, 0.2) is 5.17 Å². The van der Waals surface area contributed by atoms with Crippen molar-refractivity contribution in [3.05, 3.63) is 53.8 Å². The van der Waals surface area contributed by atoms with Gasteiger partial charge in [-0.05, 0) is 31.6 Å². The van der Waals surface area contributed by atoms with Crippen LogP contribution in [0.4, 0.5) is 0 Å². The van der Waals surface area contributed by atoms with Gasteiger partial charge in [-0.25, -0.2) is 0 Å². The molecule has 6 nitrogen and oxygen atoms in total. The van der Waals surface area contributed by atoms with Crippen LogP contribution < -0.4 is 14.8 Å². The predicted molar refractivity (Wildman–Crippen MR) is 126 cm³/mol. The molecule has 160 valence electrons. The summed E-state index contributed by atoms with van der Waals surface area (Å²) in [5, 5.41) is 4.44. The second kappa shape index (κ2) is 8.89. The largest absolute Gasteiger partial charge is 0.496 e. The summed E-state index contributed by atoms with van der Waals surface area (Å²) in [6, 6.07) is 9.83. The number of para-hydroxylation sites is 1. The number of hydrogen-bond acceptors (Lipinski definition) is 6. The Labute approximate surface area is 185 Å². The lowest BCUT2D eigenvalue weighted by atomic mass is 9.96. The summed E-state index contributed by atoms with van der Waals surface area (Å²) in [4.78, 5) is 16.8. The molecular formula is C24H24N2O4S. The van der Waals surface area contributed by atoms with E-state index in [0.717, 1.165) is 56.8 Å². The SMILES string of the molecule is COc1ccccc1-c1coc2c(C)c(OC)c(/C(C)=C/C(=O)NC3=NCCS3)cc12. The van der Waals surface area contributed by atoms with Gasteiger partial charge in [0, 0.05) is 39.5 Å². The number of rotatable bonds is 5. The van der Waals surface area contributed by atoms with Crippen molar-refractivity contribution in [3.63, 3.8) is 0 Å². The molecule has 2 aromatic carbocycles. The molecule has 0 spiro atoms. The number of allylic oxidation sites excluding steroid dienone is 1. The van der Waals surface area contributed by atoms with Gasteiger partial charge in [-0.3, -0.25) is 9.79 Å². The number of thioether (sulfide) groups is 1. The number of aliphatic imine (C=N–C) groups is 1. The average Bonchev–Trinajstić information content (AvgIpc) is 3.43. The zero-order valence-electron chi connectivity index (χ0n) is 17.9. The molecule has 0 radical (unpaired) electrons. The number of carbonyl (C=O) groups excluding carboxylic acids is 1. The van der Waals surface area contributed by atoms with Crippen LogP contribution in [0.2, 0.25) is 0 Å². The lowest BCUT2D eigenvalue weighted by molar-refractivity contribution is -0.115. The van der Waals surface area contributed by atoms with Crippen molar-refractivity contribution >= 4 is 39.4 Å². The third-order valence-electron chi connectivity index (χ3n) is 5.23. The summed E-state index contributed by atoms with van der Waals surface area (Å²) < 4.78 is 17.2. The molecule has 1 aliphatic heterocycles. The fraction of sp³-hybridized carbons (Fsp3) is 0.250. The Hall–Kier alpha value is -3.19. The summed E-state index contributed by atoms with van der Waals surface area (Å²) in [5.74, 6) is 2.14. The molecule has 0 saturated heterocycles. The molecule has 0 fully saturated rings. The minimum atomic E-state index is -0.206. The standard InChI is InChI=1S/C24H24N2O4S/c1-14(11-21(27)26-24-25-9-10-31-24)17-12-18-19(16-7-5-6-8-20(16)28-3)13-30-23(18)15(2)22(17)29-4/h5-8,11-13H,9-10H2,1-4H3,(H,25,26,27)/b14-11+. The van der Waals surface area contributed by atoms with E-state index in [2.05, 4.69) is 10.3 Å². The number of hydrogen-bond donors (Lipinski definition) is 1. The highest BCUT2D eigenvalue weighted by Crippen LogP contribution is 2.42. The van der Waals surface area contributed by atoms with Gasteiger partial charge in [0.2, 0.25) is 5.91 Å². The van der Waals surface area contributed by atoms with Crippen molar-refractivity contribution < 1.29 is 18.7 Å². The first-order valence-corrected chi connectivity index (χ1v) is 10.9. The number of benzene rings is 2. The van der Waals surface area contributed by atoms with Crippen LogP contribution in [-0.4, -0.2) is 37.6 Å². The molecule has 31 heavy (non-hydrogen) atoms. The van der Waals surface area contributed by atoms with E-state index in [1.54, 1.807) is 38.3 Å². The molecule has 0 unspecified atom stereocenters. The molecule has 0 saturated carbocycles. The molecule has 3 aromatic rings. The van der Waals surface area contributed by atoms with Gasteiger partial charge in [-0.2, -0.15) is 0 Å². The average molecular weight is 437 g/mol. The Bertz CT molecular complexity index is 1210. The molecule has 7 heteroatoms. The first-order chi connectivity index (χ1) is 15.0. The lowest BCUT2D eigenvalue weighted by Crippen LogP contribution is -2.25. The fourth-order valence-electron chi connectivity index (χ4n) is 3.77. The Morgan fingerprint density at radius 3 is 2.74 bits per heavy atom. The summed E-state index contributed by atoms with van der Waals surface area (Å²) in [7, 11) is 3.28. The van der Waals surface area contributed by atoms with E-state index >= 15 is 0 Å². The van der Waals surface area contributed by atoms with Crippen LogP contribution in [0.25, 0.3) is 27.7 Å². The Kier molecular flexibility index (Phi) is 6.04. The van der Waals surface area contributed by atoms with Crippen molar-refractivity contribution in [1.29, 1.82) is 0 Å². The smallest absolute Gasteiger partial charge is 0.250 e. The van der Waals surface area contributed by atoms with Crippen LogP contribution in [0, 0.1) is 6.92 Å². The van der Waals surface area contributed by atoms with Crippen molar-refractivity contribution in [1.82, 2.24) is 5.32 Å². The molecule has 0 aliphatic carbocycles. The van der Waals surface area contributed by atoms with Gasteiger partial charge in [0.05, 0.1) is 27.0 Å². The zero-order valence-corrected chi connectivity index (χ0v) is 18.8. The number of nitrogens with one attached hydrogen (secondary N) is 1. The number of amidine groups is 1. The minimum Gasteiger partial charge on any atom is -0.496 e. The number of furan rings is 1. The Morgan fingerprint density at radius 1 is 1.23 bits per heavy atom. The third kappa shape index (κ3) is 4.05. The van der Waals surface area contributed by atoms with E-state index in [9.17, 15) is 4.79 Å². The number of methoxy groups -OCH3 is 2. The number of amides is 1. The van der Waals surface area contributed by atoms with Crippen molar-refractivity contribution in [3.8, 4) is 22.6 Å². The summed E-state index contributed by atoms with van der Waals surface area (Å²) in [5.41, 5.74) is 5.11. The van der Waals surface area contributed by atoms with E-state index in [1.807, 2.05) is 44.2 Å². The Balaban J connectivity index is 1.81. The van der Waals surface area contributed by atoms with Gasteiger partial charge >= 0.3 is 0 Å². The maximum atomic E-state index is 12.5.